The van der Waals surface area contributed by atoms with E-state index in [1.165, 1.54) is 0 Å². The van der Waals surface area contributed by atoms with Crippen molar-refractivity contribution in [3.05, 3.63) is 77.3 Å². The van der Waals surface area contributed by atoms with Crippen molar-refractivity contribution in [2.24, 2.45) is 0 Å². The zero-order valence-electron chi connectivity index (χ0n) is 15.7. The normalized spacial score (nSPS) is 11.6. The third-order valence-corrected chi connectivity index (χ3v) is 4.57. The molecule has 7 nitrogen and oxygen atoms in total. The molecule has 1 aliphatic heterocycles. The molecule has 3 aromatic carbocycles. The molecule has 3 aromatic rings. The van der Waals surface area contributed by atoms with E-state index >= 15 is 0 Å². The smallest absolute Gasteiger partial charge is 0.262 e. The first-order chi connectivity index (χ1) is 14.6. The first-order valence-corrected chi connectivity index (χ1v) is 9.44. The Morgan fingerprint density at radius 2 is 1.63 bits per heavy atom. The Kier molecular flexibility index (Phi) is 5.72. The number of hydrogen-bond acceptors (Lipinski definition) is 5. The number of rotatable bonds is 6. The van der Waals surface area contributed by atoms with Gasteiger partial charge in [0.2, 0.25) is 6.79 Å². The van der Waals surface area contributed by atoms with E-state index in [0.29, 0.717) is 39.2 Å². The number of carbonyl (C=O) groups excluding carboxylic acids is 2. The Hall–Kier alpha value is -3.71. The molecular weight excluding hydrogens is 408 g/mol. The Bertz CT molecular complexity index is 1070. The van der Waals surface area contributed by atoms with Gasteiger partial charge >= 0.3 is 0 Å². The summed E-state index contributed by atoms with van der Waals surface area (Å²) >= 11 is 6.15. The summed E-state index contributed by atoms with van der Waals surface area (Å²) in [4.78, 5) is 24.3. The van der Waals surface area contributed by atoms with E-state index in [9.17, 15) is 9.59 Å². The highest BCUT2D eigenvalue weighted by atomic mass is 35.5. The summed E-state index contributed by atoms with van der Waals surface area (Å²) in [5.41, 5.74) is 1.60. The lowest BCUT2D eigenvalue weighted by Crippen LogP contribution is -2.20. The van der Waals surface area contributed by atoms with Crippen molar-refractivity contribution in [1.82, 2.24) is 0 Å². The minimum absolute atomic E-state index is 0.119. The molecule has 30 heavy (non-hydrogen) atoms. The standard InChI is InChI=1S/C22H17ClN2O5/c23-17-10-19-20(30-13-29-19)11-18(17)25-21(26)12-28-16-8-6-15(7-9-16)24-22(27)14-4-2-1-3-5-14/h1-11H,12-13H2,(H,24,27)(H,25,26). The molecule has 0 radical (unpaired) electrons. The van der Waals surface area contributed by atoms with Crippen LogP contribution in [0.1, 0.15) is 10.4 Å². The molecule has 0 unspecified atom stereocenters. The van der Waals surface area contributed by atoms with E-state index in [-0.39, 0.29) is 25.2 Å². The summed E-state index contributed by atoms with van der Waals surface area (Å²) in [6.45, 7) is -0.0888. The van der Waals surface area contributed by atoms with Crippen LogP contribution < -0.4 is 24.8 Å². The highest BCUT2D eigenvalue weighted by Gasteiger charge is 2.17. The largest absolute Gasteiger partial charge is 0.484 e. The maximum atomic E-state index is 12.2. The van der Waals surface area contributed by atoms with Crippen LogP contribution in [0.15, 0.2) is 66.7 Å². The summed E-state index contributed by atoms with van der Waals surface area (Å²) in [5, 5.41) is 5.82. The van der Waals surface area contributed by atoms with Gasteiger partial charge in [-0.05, 0) is 36.4 Å². The Morgan fingerprint density at radius 1 is 0.933 bits per heavy atom. The van der Waals surface area contributed by atoms with Gasteiger partial charge in [0.1, 0.15) is 5.75 Å². The van der Waals surface area contributed by atoms with Crippen molar-refractivity contribution in [2.45, 2.75) is 0 Å². The number of hydrogen-bond donors (Lipinski definition) is 2. The Balaban J connectivity index is 1.30. The van der Waals surface area contributed by atoms with Crippen LogP contribution in [0, 0.1) is 0 Å². The molecule has 1 aliphatic rings. The first kappa shape index (κ1) is 19.6. The first-order valence-electron chi connectivity index (χ1n) is 9.07. The molecule has 152 valence electrons. The SMILES string of the molecule is O=C(COc1ccc(NC(=O)c2ccccc2)cc1)Nc1cc2c(cc1Cl)OCO2. The molecule has 8 heteroatoms. The van der Waals surface area contributed by atoms with E-state index in [2.05, 4.69) is 10.6 Å². The Labute approximate surface area is 177 Å². The van der Waals surface area contributed by atoms with E-state index in [4.69, 9.17) is 25.8 Å². The summed E-state index contributed by atoms with van der Waals surface area (Å²) in [7, 11) is 0. The fraction of sp³-hybridized carbons (Fsp3) is 0.0909. The Morgan fingerprint density at radius 3 is 2.37 bits per heavy atom. The quantitative estimate of drug-likeness (QED) is 0.614. The van der Waals surface area contributed by atoms with E-state index in [1.807, 2.05) is 6.07 Å². The maximum absolute atomic E-state index is 12.2. The molecule has 0 saturated heterocycles. The van der Waals surface area contributed by atoms with Crippen molar-refractivity contribution < 1.29 is 23.8 Å². The van der Waals surface area contributed by atoms with Crippen LogP contribution in [0.5, 0.6) is 17.2 Å². The minimum atomic E-state index is -0.378. The molecule has 0 saturated carbocycles. The zero-order chi connectivity index (χ0) is 20.9. The lowest BCUT2D eigenvalue weighted by atomic mass is 10.2. The van der Waals surface area contributed by atoms with Crippen molar-refractivity contribution in [1.29, 1.82) is 0 Å². The van der Waals surface area contributed by atoms with Crippen LogP contribution >= 0.6 is 11.6 Å². The topological polar surface area (TPSA) is 85.9 Å². The van der Waals surface area contributed by atoms with Gasteiger partial charge < -0.3 is 24.8 Å². The van der Waals surface area contributed by atoms with Crippen LogP contribution in [0.2, 0.25) is 5.02 Å². The number of benzene rings is 3. The molecular formula is C22H17ClN2O5. The lowest BCUT2D eigenvalue weighted by molar-refractivity contribution is -0.118. The highest BCUT2D eigenvalue weighted by molar-refractivity contribution is 6.34. The second-order valence-electron chi connectivity index (χ2n) is 6.37. The van der Waals surface area contributed by atoms with Crippen LogP contribution in [-0.4, -0.2) is 25.2 Å². The second kappa shape index (κ2) is 8.75. The number of nitrogens with one attached hydrogen (secondary N) is 2. The maximum Gasteiger partial charge on any atom is 0.262 e. The molecule has 0 atom stereocenters. The molecule has 0 aliphatic carbocycles. The zero-order valence-corrected chi connectivity index (χ0v) is 16.4. The monoisotopic (exact) mass is 424 g/mol. The fourth-order valence-electron chi connectivity index (χ4n) is 2.78. The predicted molar refractivity (Wildman–Crippen MR) is 113 cm³/mol. The average molecular weight is 425 g/mol. The number of ether oxygens (including phenoxy) is 3. The predicted octanol–water partition coefficient (Wildman–Crippen LogP) is 4.34. The van der Waals surface area contributed by atoms with Gasteiger partial charge in [-0.2, -0.15) is 0 Å². The number of anilines is 2. The fourth-order valence-corrected chi connectivity index (χ4v) is 2.98. The summed E-state index contributed by atoms with van der Waals surface area (Å²) in [6.07, 6.45) is 0. The molecule has 4 rings (SSSR count). The van der Waals surface area contributed by atoms with Crippen molar-refractivity contribution >= 4 is 34.8 Å². The lowest BCUT2D eigenvalue weighted by Gasteiger charge is -2.10. The van der Waals surface area contributed by atoms with Gasteiger partial charge in [-0.15, -0.1) is 0 Å². The van der Waals surface area contributed by atoms with E-state index in [0.717, 1.165) is 0 Å². The highest BCUT2D eigenvalue weighted by Crippen LogP contribution is 2.39. The third kappa shape index (κ3) is 4.64. The number of fused-ring (bicyclic) bond motifs is 1. The van der Waals surface area contributed by atoms with Gasteiger partial charge in [-0.1, -0.05) is 29.8 Å². The molecule has 2 N–H and O–H groups in total. The van der Waals surface area contributed by atoms with E-state index < -0.39 is 0 Å². The van der Waals surface area contributed by atoms with Crippen LogP contribution in [-0.2, 0) is 4.79 Å². The van der Waals surface area contributed by atoms with Crippen molar-refractivity contribution in [2.75, 3.05) is 24.0 Å². The van der Waals surface area contributed by atoms with Gasteiger partial charge in [0.15, 0.2) is 18.1 Å². The van der Waals surface area contributed by atoms with Gasteiger partial charge in [0, 0.05) is 23.4 Å². The van der Waals surface area contributed by atoms with Gasteiger partial charge in [-0.3, -0.25) is 9.59 Å². The summed E-state index contributed by atoms with van der Waals surface area (Å²) in [5.74, 6) is 0.957. The summed E-state index contributed by atoms with van der Waals surface area (Å²) in [6, 6.07) is 18.8. The van der Waals surface area contributed by atoms with Crippen molar-refractivity contribution in [3.8, 4) is 17.2 Å². The number of halogens is 1. The molecule has 1 heterocycles. The number of amides is 2. The minimum Gasteiger partial charge on any atom is -0.484 e. The van der Waals surface area contributed by atoms with Crippen LogP contribution in [0.25, 0.3) is 0 Å². The van der Waals surface area contributed by atoms with Crippen LogP contribution in [0.3, 0.4) is 0 Å². The van der Waals surface area contributed by atoms with Gasteiger partial charge in [0.25, 0.3) is 11.8 Å². The van der Waals surface area contributed by atoms with E-state index in [1.54, 1.807) is 60.7 Å². The summed E-state index contributed by atoms with van der Waals surface area (Å²) < 4.78 is 16.0. The van der Waals surface area contributed by atoms with Crippen molar-refractivity contribution in [3.63, 3.8) is 0 Å². The second-order valence-corrected chi connectivity index (χ2v) is 6.77. The molecule has 2 amide bonds. The average Bonchev–Trinajstić information content (AvgIpc) is 3.21. The third-order valence-electron chi connectivity index (χ3n) is 4.25. The van der Waals surface area contributed by atoms with Crippen LogP contribution in [0.4, 0.5) is 11.4 Å². The molecule has 0 fully saturated rings. The molecule has 0 aromatic heterocycles. The van der Waals surface area contributed by atoms with Gasteiger partial charge in [0.05, 0.1) is 10.7 Å². The molecule has 0 bridgehead atoms. The van der Waals surface area contributed by atoms with Gasteiger partial charge in [-0.25, -0.2) is 0 Å². The number of carbonyl (C=O) groups is 2. The molecule has 0 spiro atoms.